The van der Waals surface area contributed by atoms with Crippen LogP contribution in [0.1, 0.15) is 11.4 Å². The van der Waals surface area contributed by atoms with Gasteiger partial charge in [0.1, 0.15) is 24.7 Å². The predicted molar refractivity (Wildman–Crippen MR) is 130 cm³/mol. The molecular weight excluding hydrogens is 412 g/mol. The summed E-state index contributed by atoms with van der Waals surface area (Å²) < 4.78 is 7.99. The van der Waals surface area contributed by atoms with Gasteiger partial charge in [-0.05, 0) is 43.3 Å². The first-order valence-corrected chi connectivity index (χ1v) is 11.4. The van der Waals surface area contributed by atoms with Gasteiger partial charge in [0.25, 0.3) is 0 Å². The van der Waals surface area contributed by atoms with Crippen LogP contribution in [0.25, 0.3) is 11.0 Å². The summed E-state index contributed by atoms with van der Waals surface area (Å²) in [6.45, 7) is 5.73. The van der Waals surface area contributed by atoms with E-state index in [9.17, 15) is 4.79 Å². The van der Waals surface area contributed by atoms with E-state index >= 15 is 0 Å². The molecule has 1 amide bonds. The number of piperazine rings is 1. The van der Waals surface area contributed by atoms with Crippen LogP contribution in [0.3, 0.4) is 0 Å². The van der Waals surface area contributed by atoms with Crippen LogP contribution in [-0.2, 0) is 17.9 Å². The Bertz CT molecular complexity index is 1230. The van der Waals surface area contributed by atoms with Crippen molar-refractivity contribution in [1.29, 1.82) is 0 Å². The third kappa shape index (κ3) is 4.70. The Labute approximate surface area is 194 Å². The zero-order valence-corrected chi connectivity index (χ0v) is 18.9. The molecule has 1 aromatic heterocycles. The van der Waals surface area contributed by atoms with Crippen molar-refractivity contribution < 1.29 is 9.53 Å². The normalized spacial score (nSPS) is 14.0. The lowest BCUT2D eigenvalue weighted by Crippen LogP contribution is -2.49. The Balaban J connectivity index is 1.29. The fraction of sp³-hybridized carbons (Fsp3) is 0.259. The number of hydrogen-bond donors (Lipinski definition) is 0. The van der Waals surface area contributed by atoms with Crippen LogP contribution < -0.4 is 9.64 Å². The fourth-order valence-electron chi connectivity index (χ4n) is 4.28. The molecule has 3 aromatic carbocycles. The van der Waals surface area contributed by atoms with E-state index in [1.165, 1.54) is 11.3 Å². The molecule has 0 N–H and O–H groups in total. The van der Waals surface area contributed by atoms with Gasteiger partial charge in [-0.15, -0.1) is 0 Å². The molecule has 0 radical (unpaired) electrons. The number of rotatable bonds is 6. The van der Waals surface area contributed by atoms with Crippen molar-refractivity contribution in [3.05, 3.63) is 90.3 Å². The quantitative estimate of drug-likeness (QED) is 0.449. The largest absolute Gasteiger partial charge is 0.486 e. The lowest BCUT2D eigenvalue weighted by Gasteiger charge is -2.36. The molecule has 0 atom stereocenters. The lowest BCUT2D eigenvalue weighted by atomic mass is 10.2. The summed E-state index contributed by atoms with van der Waals surface area (Å²) in [7, 11) is 0. The summed E-state index contributed by atoms with van der Waals surface area (Å²) in [5.41, 5.74) is 4.23. The molecule has 6 nitrogen and oxygen atoms in total. The van der Waals surface area contributed by atoms with Crippen LogP contribution in [0, 0.1) is 6.92 Å². The van der Waals surface area contributed by atoms with E-state index in [2.05, 4.69) is 36.1 Å². The minimum absolute atomic E-state index is 0.113. The highest BCUT2D eigenvalue weighted by Crippen LogP contribution is 2.20. The summed E-state index contributed by atoms with van der Waals surface area (Å²) in [6.07, 6.45) is 0. The molecule has 168 valence electrons. The minimum atomic E-state index is 0.113. The molecular formula is C27H28N4O2. The highest BCUT2D eigenvalue weighted by Gasteiger charge is 2.23. The predicted octanol–water partition coefficient (Wildman–Crippen LogP) is 4.27. The molecule has 1 aliphatic heterocycles. The van der Waals surface area contributed by atoms with Crippen LogP contribution >= 0.6 is 0 Å². The topological polar surface area (TPSA) is 50.6 Å². The Hall–Kier alpha value is -3.80. The smallest absolute Gasteiger partial charge is 0.242 e. The summed E-state index contributed by atoms with van der Waals surface area (Å²) in [6, 6.07) is 26.3. The first-order valence-electron chi connectivity index (χ1n) is 11.4. The molecule has 33 heavy (non-hydrogen) atoms. The Morgan fingerprint density at radius 2 is 1.58 bits per heavy atom. The third-order valence-corrected chi connectivity index (χ3v) is 6.17. The Kier molecular flexibility index (Phi) is 5.98. The highest BCUT2D eigenvalue weighted by molar-refractivity contribution is 5.81. The number of carbonyl (C=O) groups excluding carboxylic acids is 1. The third-order valence-electron chi connectivity index (χ3n) is 6.17. The number of para-hydroxylation sites is 3. The number of ether oxygens (including phenoxy) is 1. The molecule has 0 saturated carbocycles. The Morgan fingerprint density at radius 3 is 2.33 bits per heavy atom. The van der Waals surface area contributed by atoms with Crippen molar-refractivity contribution in [1.82, 2.24) is 14.5 Å². The number of benzene rings is 3. The summed E-state index contributed by atoms with van der Waals surface area (Å²) in [5, 5.41) is 0. The van der Waals surface area contributed by atoms with Crippen molar-refractivity contribution in [2.75, 3.05) is 31.1 Å². The van der Waals surface area contributed by atoms with Gasteiger partial charge in [-0.2, -0.15) is 0 Å². The lowest BCUT2D eigenvalue weighted by molar-refractivity contribution is -0.132. The number of aryl methyl sites for hydroxylation is 1. The van der Waals surface area contributed by atoms with E-state index in [-0.39, 0.29) is 12.5 Å². The van der Waals surface area contributed by atoms with E-state index in [1.54, 1.807) is 0 Å². The number of nitrogens with zero attached hydrogens (tertiary/aromatic N) is 4. The van der Waals surface area contributed by atoms with E-state index in [1.807, 2.05) is 64.1 Å². The second-order valence-electron chi connectivity index (χ2n) is 8.41. The maximum atomic E-state index is 13.2. The monoisotopic (exact) mass is 440 g/mol. The molecule has 0 aliphatic carbocycles. The molecule has 2 heterocycles. The van der Waals surface area contributed by atoms with Crippen LogP contribution in [0.5, 0.6) is 5.75 Å². The summed E-state index contributed by atoms with van der Waals surface area (Å²) in [4.78, 5) is 22.3. The fourth-order valence-corrected chi connectivity index (χ4v) is 4.28. The van der Waals surface area contributed by atoms with Crippen LogP contribution in [0.15, 0.2) is 78.9 Å². The van der Waals surface area contributed by atoms with Crippen molar-refractivity contribution in [2.24, 2.45) is 0 Å². The van der Waals surface area contributed by atoms with Crippen LogP contribution in [-0.4, -0.2) is 46.5 Å². The zero-order valence-electron chi connectivity index (χ0n) is 18.9. The Morgan fingerprint density at radius 1 is 0.879 bits per heavy atom. The molecule has 1 aliphatic rings. The first kappa shape index (κ1) is 21.1. The molecule has 4 aromatic rings. The summed E-state index contributed by atoms with van der Waals surface area (Å²) in [5.74, 6) is 1.66. The van der Waals surface area contributed by atoms with Crippen molar-refractivity contribution in [3.63, 3.8) is 0 Å². The standard InChI is InChI=1S/C27H28N4O2/c1-21-11-13-23(14-12-21)33-20-26-28-24-9-5-6-10-25(24)31(26)19-27(32)30-17-15-29(16-18-30)22-7-3-2-4-8-22/h2-14H,15-20H2,1H3. The number of fused-ring (bicyclic) bond motifs is 1. The highest BCUT2D eigenvalue weighted by atomic mass is 16.5. The number of aromatic nitrogens is 2. The zero-order chi connectivity index (χ0) is 22.6. The first-order chi connectivity index (χ1) is 16.2. The van der Waals surface area contributed by atoms with Crippen LogP contribution in [0.2, 0.25) is 0 Å². The van der Waals surface area contributed by atoms with Gasteiger partial charge in [-0.3, -0.25) is 4.79 Å². The number of carbonyl (C=O) groups is 1. The molecule has 6 heteroatoms. The van der Waals surface area contributed by atoms with Gasteiger partial charge in [0.15, 0.2) is 0 Å². The van der Waals surface area contributed by atoms with Gasteiger partial charge >= 0.3 is 0 Å². The van der Waals surface area contributed by atoms with Gasteiger partial charge in [0, 0.05) is 31.9 Å². The number of anilines is 1. The van der Waals surface area contributed by atoms with E-state index in [0.717, 1.165) is 48.8 Å². The number of imidazole rings is 1. The maximum absolute atomic E-state index is 13.2. The minimum Gasteiger partial charge on any atom is -0.486 e. The van der Waals surface area contributed by atoms with Crippen molar-refractivity contribution in [3.8, 4) is 5.75 Å². The van der Waals surface area contributed by atoms with Crippen molar-refractivity contribution >= 4 is 22.6 Å². The van der Waals surface area contributed by atoms with Gasteiger partial charge in [-0.1, -0.05) is 48.0 Å². The molecule has 0 bridgehead atoms. The number of hydrogen-bond acceptors (Lipinski definition) is 4. The average Bonchev–Trinajstić information content (AvgIpc) is 3.21. The molecule has 5 rings (SSSR count). The molecule has 0 spiro atoms. The second-order valence-corrected chi connectivity index (χ2v) is 8.41. The number of amides is 1. The van der Waals surface area contributed by atoms with E-state index in [4.69, 9.17) is 9.72 Å². The second kappa shape index (κ2) is 9.36. The van der Waals surface area contributed by atoms with E-state index < -0.39 is 0 Å². The van der Waals surface area contributed by atoms with Gasteiger partial charge in [0.2, 0.25) is 5.91 Å². The molecule has 1 saturated heterocycles. The van der Waals surface area contributed by atoms with Gasteiger partial charge < -0.3 is 19.1 Å². The SMILES string of the molecule is Cc1ccc(OCc2nc3ccccc3n2CC(=O)N2CCN(c3ccccc3)CC2)cc1. The van der Waals surface area contributed by atoms with Gasteiger partial charge in [0.05, 0.1) is 11.0 Å². The van der Waals surface area contributed by atoms with Gasteiger partial charge in [-0.25, -0.2) is 4.98 Å². The van der Waals surface area contributed by atoms with E-state index in [0.29, 0.717) is 6.61 Å². The van der Waals surface area contributed by atoms with Crippen molar-refractivity contribution in [2.45, 2.75) is 20.1 Å². The molecule has 1 fully saturated rings. The van der Waals surface area contributed by atoms with Crippen LogP contribution in [0.4, 0.5) is 5.69 Å². The maximum Gasteiger partial charge on any atom is 0.242 e. The molecule has 0 unspecified atom stereocenters. The summed E-state index contributed by atoms with van der Waals surface area (Å²) >= 11 is 0. The average molecular weight is 441 g/mol.